The molecule has 0 amide bonds. The summed E-state index contributed by atoms with van der Waals surface area (Å²) >= 11 is 6.43. The number of aromatic nitrogens is 2. The third-order valence-electron chi connectivity index (χ3n) is 4.45. The number of halogens is 1. The van der Waals surface area contributed by atoms with Crippen LogP contribution in [0.3, 0.4) is 0 Å². The molecule has 2 N–H and O–H groups in total. The van der Waals surface area contributed by atoms with E-state index < -0.39 is 0 Å². The van der Waals surface area contributed by atoms with Crippen molar-refractivity contribution >= 4 is 11.6 Å². The van der Waals surface area contributed by atoms with Gasteiger partial charge in [-0.25, -0.2) is 4.98 Å². The van der Waals surface area contributed by atoms with Crippen LogP contribution in [0.5, 0.6) is 11.5 Å². The predicted octanol–water partition coefficient (Wildman–Crippen LogP) is 3.37. The maximum atomic E-state index is 6.43. The zero-order valence-corrected chi connectivity index (χ0v) is 12.9. The van der Waals surface area contributed by atoms with E-state index in [1.54, 1.807) is 6.07 Å². The molecule has 2 aromatic rings. The quantitative estimate of drug-likeness (QED) is 0.921. The fraction of sp³-hybridized carbons (Fsp3) is 0.438. The van der Waals surface area contributed by atoms with Gasteiger partial charge in [-0.3, -0.25) is 0 Å². The largest absolute Gasteiger partial charge is 0.454 e. The molecule has 0 saturated heterocycles. The Morgan fingerprint density at radius 2 is 2.05 bits per heavy atom. The SMILES string of the molecule is N[C@H]1CCC[C@@H](n2ccnc2-c2cc3c(cc2Cl)OCO3)C1. The first-order chi connectivity index (χ1) is 10.7. The van der Waals surface area contributed by atoms with E-state index in [2.05, 4.69) is 9.55 Å². The molecule has 2 atom stereocenters. The summed E-state index contributed by atoms with van der Waals surface area (Å²) in [7, 11) is 0. The predicted molar refractivity (Wildman–Crippen MR) is 84.3 cm³/mol. The Bertz CT molecular complexity index is 701. The summed E-state index contributed by atoms with van der Waals surface area (Å²) in [5, 5.41) is 0.622. The highest BCUT2D eigenvalue weighted by atomic mass is 35.5. The monoisotopic (exact) mass is 319 g/mol. The second kappa shape index (κ2) is 5.48. The van der Waals surface area contributed by atoms with Crippen LogP contribution in [0.4, 0.5) is 0 Å². The molecule has 2 heterocycles. The van der Waals surface area contributed by atoms with Gasteiger partial charge in [0.15, 0.2) is 11.5 Å². The molecule has 1 aliphatic heterocycles. The minimum absolute atomic E-state index is 0.237. The number of fused-ring (bicyclic) bond motifs is 1. The molecule has 116 valence electrons. The standard InChI is InChI=1S/C16H18ClN3O2/c17-13-8-15-14(21-9-22-15)7-12(13)16-19-4-5-20(16)11-3-1-2-10(18)6-11/h4-5,7-8,10-11H,1-3,6,9,18H2/t10-,11+/m0/s1. The highest BCUT2D eigenvalue weighted by Crippen LogP contribution is 2.41. The highest BCUT2D eigenvalue weighted by Gasteiger charge is 2.25. The van der Waals surface area contributed by atoms with Crippen LogP contribution in [0.15, 0.2) is 24.5 Å². The van der Waals surface area contributed by atoms with Crippen molar-refractivity contribution < 1.29 is 9.47 Å². The van der Waals surface area contributed by atoms with Crippen LogP contribution in [-0.2, 0) is 0 Å². The second-order valence-electron chi connectivity index (χ2n) is 5.92. The fourth-order valence-electron chi connectivity index (χ4n) is 3.36. The Hall–Kier alpha value is -1.72. The fourth-order valence-corrected chi connectivity index (χ4v) is 3.60. The Morgan fingerprint density at radius 3 is 2.86 bits per heavy atom. The van der Waals surface area contributed by atoms with Gasteiger partial charge in [0, 0.05) is 36.1 Å². The number of nitrogens with two attached hydrogens (primary N) is 1. The van der Waals surface area contributed by atoms with E-state index in [0.717, 1.165) is 37.1 Å². The van der Waals surface area contributed by atoms with Gasteiger partial charge in [0.1, 0.15) is 5.82 Å². The Balaban J connectivity index is 1.73. The lowest BCUT2D eigenvalue weighted by Crippen LogP contribution is -2.29. The molecule has 0 bridgehead atoms. The number of hydrogen-bond donors (Lipinski definition) is 1. The normalized spacial score (nSPS) is 23.7. The first-order valence-electron chi connectivity index (χ1n) is 7.60. The Kier molecular flexibility index (Phi) is 3.47. The van der Waals surface area contributed by atoms with Crippen LogP contribution < -0.4 is 15.2 Å². The lowest BCUT2D eigenvalue weighted by Gasteiger charge is -2.29. The zero-order valence-electron chi connectivity index (χ0n) is 12.2. The van der Waals surface area contributed by atoms with E-state index >= 15 is 0 Å². The number of imidazole rings is 1. The van der Waals surface area contributed by atoms with Crippen molar-refractivity contribution in [2.24, 2.45) is 5.73 Å². The molecule has 0 radical (unpaired) electrons. The second-order valence-corrected chi connectivity index (χ2v) is 6.33. The maximum absolute atomic E-state index is 6.43. The van der Waals surface area contributed by atoms with E-state index in [9.17, 15) is 0 Å². The first kappa shape index (κ1) is 13.9. The van der Waals surface area contributed by atoms with Crippen LogP contribution in [0.25, 0.3) is 11.4 Å². The summed E-state index contributed by atoms with van der Waals surface area (Å²) in [4.78, 5) is 4.51. The van der Waals surface area contributed by atoms with Crippen LogP contribution in [-0.4, -0.2) is 22.4 Å². The van der Waals surface area contributed by atoms with Crippen molar-refractivity contribution in [3.63, 3.8) is 0 Å². The smallest absolute Gasteiger partial charge is 0.231 e. The molecular formula is C16H18ClN3O2. The molecule has 1 aromatic heterocycles. The Morgan fingerprint density at radius 1 is 1.23 bits per heavy atom. The molecule has 0 spiro atoms. The number of benzene rings is 1. The first-order valence-corrected chi connectivity index (χ1v) is 7.98. The average Bonchev–Trinajstić information content (AvgIpc) is 3.14. The summed E-state index contributed by atoms with van der Waals surface area (Å²) in [6.45, 7) is 0.237. The summed E-state index contributed by atoms with van der Waals surface area (Å²) in [5.74, 6) is 2.27. The molecule has 1 saturated carbocycles. The number of ether oxygens (including phenoxy) is 2. The van der Waals surface area contributed by atoms with Crippen LogP contribution in [0.2, 0.25) is 5.02 Å². The van der Waals surface area contributed by atoms with E-state index in [1.807, 2.05) is 18.5 Å². The summed E-state index contributed by atoms with van der Waals surface area (Å²) in [6, 6.07) is 4.35. The van der Waals surface area contributed by atoms with Crippen LogP contribution in [0, 0.1) is 0 Å². The molecule has 4 rings (SSSR count). The molecule has 22 heavy (non-hydrogen) atoms. The number of hydrogen-bond acceptors (Lipinski definition) is 4. The summed E-state index contributed by atoms with van der Waals surface area (Å²) in [5.41, 5.74) is 7.00. The lowest BCUT2D eigenvalue weighted by atomic mass is 9.91. The molecule has 0 unspecified atom stereocenters. The lowest BCUT2D eigenvalue weighted by molar-refractivity contribution is 0.174. The average molecular weight is 320 g/mol. The van der Waals surface area contributed by atoms with Crippen molar-refractivity contribution in [3.8, 4) is 22.9 Å². The highest BCUT2D eigenvalue weighted by molar-refractivity contribution is 6.33. The maximum Gasteiger partial charge on any atom is 0.231 e. The molecular weight excluding hydrogens is 302 g/mol. The van der Waals surface area contributed by atoms with E-state index in [1.165, 1.54) is 0 Å². The van der Waals surface area contributed by atoms with Gasteiger partial charge in [0.25, 0.3) is 0 Å². The molecule has 6 heteroatoms. The van der Waals surface area contributed by atoms with Crippen LogP contribution in [0.1, 0.15) is 31.7 Å². The Labute approximate surface area is 134 Å². The van der Waals surface area contributed by atoms with Crippen molar-refractivity contribution in [3.05, 3.63) is 29.5 Å². The van der Waals surface area contributed by atoms with Gasteiger partial charge in [0.05, 0.1) is 5.02 Å². The molecule has 5 nitrogen and oxygen atoms in total. The van der Waals surface area contributed by atoms with E-state index in [0.29, 0.717) is 22.6 Å². The summed E-state index contributed by atoms with van der Waals surface area (Å²) < 4.78 is 13.0. The number of nitrogens with zero attached hydrogens (tertiary/aromatic N) is 2. The zero-order chi connectivity index (χ0) is 15.1. The van der Waals surface area contributed by atoms with Crippen molar-refractivity contribution in [1.29, 1.82) is 0 Å². The van der Waals surface area contributed by atoms with Crippen molar-refractivity contribution in [1.82, 2.24) is 9.55 Å². The molecule has 1 aliphatic carbocycles. The van der Waals surface area contributed by atoms with Gasteiger partial charge in [-0.15, -0.1) is 0 Å². The van der Waals surface area contributed by atoms with E-state index in [4.69, 9.17) is 26.8 Å². The van der Waals surface area contributed by atoms with Gasteiger partial charge in [-0.05, 0) is 31.7 Å². The van der Waals surface area contributed by atoms with Gasteiger partial charge >= 0.3 is 0 Å². The van der Waals surface area contributed by atoms with Gasteiger partial charge < -0.3 is 19.8 Å². The van der Waals surface area contributed by atoms with Gasteiger partial charge in [-0.1, -0.05) is 11.6 Å². The molecule has 2 aliphatic rings. The summed E-state index contributed by atoms with van der Waals surface area (Å²) in [6.07, 6.45) is 8.18. The third-order valence-corrected chi connectivity index (χ3v) is 4.77. The topological polar surface area (TPSA) is 62.3 Å². The van der Waals surface area contributed by atoms with E-state index in [-0.39, 0.29) is 12.8 Å². The molecule has 1 aromatic carbocycles. The number of rotatable bonds is 2. The third kappa shape index (κ3) is 2.34. The van der Waals surface area contributed by atoms with Gasteiger partial charge in [-0.2, -0.15) is 0 Å². The minimum atomic E-state index is 0.237. The van der Waals surface area contributed by atoms with Crippen molar-refractivity contribution in [2.75, 3.05) is 6.79 Å². The molecule has 1 fully saturated rings. The van der Waals surface area contributed by atoms with Crippen molar-refractivity contribution in [2.45, 2.75) is 37.8 Å². The van der Waals surface area contributed by atoms with Crippen LogP contribution >= 0.6 is 11.6 Å². The minimum Gasteiger partial charge on any atom is -0.454 e. The van der Waals surface area contributed by atoms with Gasteiger partial charge in [0.2, 0.25) is 6.79 Å².